The van der Waals surface area contributed by atoms with Crippen LogP contribution >= 0.6 is 0 Å². The van der Waals surface area contributed by atoms with Crippen LogP contribution in [0, 0.1) is 10.1 Å². The standard InChI is InChI=1S/C19H16N2O6/c1-20-10-15(14-9-12(21(24)25)5-7-16(14)20)18(22)13-6-4-11(19(23)27-3)8-17(13)26-2/h4-10H,1-3H3. The minimum Gasteiger partial charge on any atom is -0.496 e. The van der Waals surface area contributed by atoms with Gasteiger partial charge in [0.25, 0.3) is 5.69 Å². The Morgan fingerprint density at radius 3 is 2.44 bits per heavy atom. The molecule has 0 aliphatic heterocycles. The molecule has 0 spiro atoms. The summed E-state index contributed by atoms with van der Waals surface area (Å²) in [6.45, 7) is 0. The second kappa shape index (κ2) is 6.91. The summed E-state index contributed by atoms with van der Waals surface area (Å²) in [6.07, 6.45) is 1.62. The van der Waals surface area contributed by atoms with Gasteiger partial charge in [-0.3, -0.25) is 14.9 Å². The van der Waals surface area contributed by atoms with Crippen molar-refractivity contribution in [3.8, 4) is 5.75 Å². The largest absolute Gasteiger partial charge is 0.496 e. The van der Waals surface area contributed by atoms with Gasteiger partial charge >= 0.3 is 5.97 Å². The second-order valence-electron chi connectivity index (χ2n) is 5.85. The first kappa shape index (κ1) is 18.1. The number of ketones is 1. The van der Waals surface area contributed by atoms with E-state index in [1.165, 1.54) is 44.6 Å². The number of aryl methyl sites for hydroxylation is 1. The molecule has 0 aliphatic rings. The smallest absolute Gasteiger partial charge is 0.337 e. The molecular formula is C19H16N2O6. The summed E-state index contributed by atoms with van der Waals surface area (Å²) in [4.78, 5) is 35.4. The Morgan fingerprint density at radius 1 is 1.07 bits per heavy atom. The van der Waals surface area contributed by atoms with Gasteiger partial charge in [0.05, 0.1) is 30.3 Å². The maximum Gasteiger partial charge on any atom is 0.337 e. The van der Waals surface area contributed by atoms with Crippen LogP contribution in [0.1, 0.15) is 26.3 Å². The number of carbonyl (C=O) groups is 2. The van der Waals surface area contributed by atoms with Crippen molar-refractivity contribution in [2.75, 3.05) is 14.2 Å². The number of nitrogens with zero attached hydrogens (tertiary/aromatic N) is 2. The summed E-state index contributed by atoms with van der Waals surface area (Å²) in [5, 5.41) is 11.6. The Labute approximate surface area is 154 Å². The number of ether oxygens (including phenoxy) is 2. The van der Waals surface area contributed by atoms with E-state index in [4.69, 9.17) is 4.74 Å². The number of nitro benzene ring substituents is 1. The van der Waals surface area contributed by atoms with E-state index in [0.29, 0.717) is 16.5 Å². The number of benzene rings is 2. The average Bonchev–Trinajstić information content (AvgIpc) is 3.02. The third-order valence-electron chi connectivity index (χ3n) is 4.30. The zero-order valence-electron chi connectivity index (χ0n) is 14.9. The number of fused-ring (bicyclic) bond motifs is 1. The average molecular weight is 368 g/mol. The number of non-ortho nitro benzene ring substituents is 1. The van der Waals surface area contributed by atoms with Gasteiger partial charge in [-0.05, 0) is 24.3 Å². The summed E-state index contributed by atoms with van der Waals surface area (Å²) in [7, 11) is 4.40. The molecule has 8 nitrogen and oxygen atoms in total. The van der Waals surface area contributed by atoms with Crippen LogP contribution in [-0.2, 0) is 11.8 Å². The van der Waals surface area contributed by atoms with E-state index in [0.717, 1.165) is 0 Å². The number of nitro groups is 1. The summed E-state index contributed by atoms with van der Waals surface area (Å²) in [6, 6.07) is 8.73. The molecule has 0 saturated heterocycles. The molecule has 0 aliphatic carbocycles. The van der Waals surface area contributed by atoms with Crippen molar-refractivity contribution in [3.05, 3.63) is 69.4 Å². The normalized spacial score (nSPS) is 10.6. The Hall–Kier alpha value is -3.68. The molecule has 3 rings (SSSR count). The molecule has 0 fully saturated rings. The molecule has 0 atom stereocenters. The highest BCUT2D eigenvalue weighted by Gasteiger charge is 2.22. The van der Waals surface area contributed by atoms with E-state index >= 15 is 0 Å². The molecule has 8 heteroatoms. The van der Waals surface area contributed by atoms with Crippen LogP contribution in [0.15, 0.2) is 42.6 Å². The molecule has 0 amide bonds. The monoisotopic (exact) mass is 368 g/mol. The highest BCUT2D eigenvalue weighted by atomic mass is 16.6. The molecule has 0 bridgehead atoms. The zero-order chi connectivity index (χ0) is 19.7. The summed E-state index contributed by atoms with van der Waals surface area (Å²) >= 11 is 0. The maximum atomic E-state index is 13.1. The van der Waals surface area contributed by atoms with E-state index in [9.17, 15) is 19.7 Å². The lowest BCUT2D eigenvalue weighted by Gasteiger charge is -2.09. The molecule has 0 radical (unpaired) electrons. The lowest BCUT2D eigenvalue weighted by atomic mass is 10.00. The molecule has 0 saturated carbocycles. The lowest BCUT2D eigenvalue weighted by molar-refractivity contribution is -0.384. The zero-order valence-corrected chi connectivity index (χ0v) is 14.9. The van der Waals surface area contributed by atoms with Gasteiger partial charge in [0, 0.05) is 41.8 Å². The Balaban J connectivity index is 2.14. The first-order chi connectivity index (χ1) is 12.9. The molecule has 27 heavy (non-hydrogen) atoms. The van der Waals surface area contributed by atoms with E-state index in [2.05, 4.69) is 4.74 Å². The Morgan fingerprint density at radius 2 is 1.81 bits per heavy atom. The van der Waals surface area contributed by atoms with E-state index in [1.54, 1.807) is 23.9 Å². The van der Waals surface area contributed by atoms with Crippen molar-refractivity contribution in [2.24, 2.45) is 7.05 Å². The third kappa shape index (κ3) is 3.12. The Bertz CT molecular complexity index is 1080. The predicted octanol–water partition coefficient (Wildman–Crippen LogP) is 3.11. The molecule has 0 unspecified atom stereocenters. The van der Waals surface area contributed by atoms with Crippen LogP contribution in [0.4, 0.5) is 5.69 Å². The van der Waals surface area contributed by atoms with Gasteiger partial charge in [0.2, 0.25) is 0 Å². The van der Waals surface area contributed by atoms with Crippen LogP contribution in [0.3, 0.4) is 0 Å². The highest BCUT2D eigenvalue weighted by Crippen LogP contribution is 2.30. The van der Waals surface area contributed by atoms with Gasteiger partial charge < -0.3 is 14.0 Å². The van der Waals surface area contributed by atoms with E-state index in [1.807, 2.05) is 0 Å². The molecule has 2 aromatic carbocycles. The van der Waals surface area contributed by atoms with Crippen molar-refractivity contribution in [3.63, 3.8) is 0 Å². The first-order valence-corrected chi connectivity index (χ1v) is 7.92. The lowest BCUT2D eigenvalue weighted by Crippen LogP contribution is -2.07. The van der Waals surface area contributed by atoms with Crippen molar-refractivity contribution in [1.29, 1.82) is 0 Å². The van der Waals surface area contributed by atoms with Gasteiger partial charge in [-0.15, -0.1) is 0 Å². The van der Waals surface area contributed by atoms with Crippen LogP contribution in [-0.4, -0.2) is 35.5 Å². The van der Waals surface area contributed by atoms with Crippen LogP contribution < -0.4 is 4.74 Å². The number of methoxy groups -OCH3 is 2. The minimum atomic E-state index is -0.548. The quantitative estimate of drug-likeness (QED) is 0.297. The highest BCUT2D eigenvalue weighted by molar-refractivity contribution is 6.18. The summed E-state index contributed by atoms with van der Waals surface area (Å²) < 4.78 is 11.7. The van der Waals surface area contributed by atoms with Crippen LogP contribution in [0.25, 0.3) is 10.9 Å². The second-order valence-corrected chi connectivity index (χ2v) is 5.85. The molecule has 138 valence electrons. The van der Waals surface area contributed by atoms with Crippen LogP contribution in [0.2, 0.25) is 0 Å². The number of hydrogen-bond donors (Lipinski definition) is 0. The van der Waals surface area contributed by atoms with E-state index < -0.39 is 10.9 Å². The van der Waals surface area contributed by atoms with Gasteiger partial charge in [0.15, 0.2) is 5.78 Å². The number of rotatable bonds is 5. The minimum absolute atomic E-state index is 0.101. The fourth-order valence-electron chi connectivity index (χ4n) is 2.94. The maximum absolute atomic E-state index is 13.1. The number of hydrogen-bond acceptors (Lipinski definition) is 6. The summed E-state index contributed by atoms with van der Waals surface area (Å²) in [5.41, 5.74) is 1.38. The summed E-state index contributed by atoms with van der Waals surface area (Å²) in [5.74, 6) is -0.701. The Kier molecular flexibility index (Phi) is 4.64. The SMILES string of the molecule is COC(=O)c1ccc(C(=O)c2cn(C)c3ccc([N+](=O)[O-])cc23)c(OC)c1. The van der Waals surface area contributed by atoms with E-state index in [-0.39, 0.29) is 28.3 Å². The van der Waals surface area contributed by atoms with Crippen molar-refractivity contribution in [2.45, 2.75) is 0 Å². The van der Waals surface area contributed by atoms with Gasteiger partial charge in [-0.2, -0.15) is 0 Å². The third-order valence-corrected chi connectivity index (χ3v) is 4.30. The van der Waals surface area contributed by atoms with Gasteiger partial charge in [-0.25, -0.2) is 4.79 Å². The number of carbonyl (C=O) groups excluding carboxylic acids is 2. The molecule has 0 N–H and O–H groups in total. The first-order valence-electron chi connectivity index (χ1n) is 7.92. The van der Waals surface area contributed by atoms with Crippen LogP contribution in [0.5, 0.6) is 5.75 Å². The van der Waals surface area contributed by atoms with Crippen molar-refractivity contribution < 1.29 is 24.0 Å². The fourth-order valence-corrected chi connectivity index (χ4v) is 2.94. The van der Waals surface area contributed by atoms with Gasteiger partial charge in [0.1, 0.15) is 5.75 Å². The molecule has 1 heterocycles. The number of aromatic nitrogens is 1. The predicted molar refractivity (Wildman–Crippen MR) is 97.3 cm³/mol. The van der Waals surface area contributed by atoms with Crippen molar-refractivity contribution >= 4 is 28.3 Å². The molecule has 3 aromatic rings. The van der Waals surface area contributed by atoms with Gasteiger partial charge in [-0.1, -0.05) is 0 Å². The molecule has 1 aromatic heterocycles. The molecular weight excluding hydrogens is 352 g/mol. The van der Waals surface area contributed by atoms with Crippen molar-refractivity contribution in [1.82, 2.24) is 4.57 Å². The number of esters is 1. The topological polar surface area (TPSA) is 101 Å². The fraction of sp³-hybridized carbons (Fsp3) is 0.158.